The molecule has 2 atom stereocenters. The first-order chi connectivity index (χ1) is 24.3. The lowest BCUT2D eigenvalue weighted by atomic mass is 9.96. The highest BCUT2D eigenvalue weighted by molar-refractivity contribution is 6.76. The summed E-state index contributed by atoms with van der Waals surface area (Å²) in [4.78, 5) is 22.3. The minimum absolute atomic E-state index is 0. The van der Waals surface area contributed by atoms with Crippen molar-refractivity contribution in [2.45, 2.75) is 51.3 Å². The van der Waals surface area contributed by atoms with Crippen molar-refractivity contribution >= 4 is 47.0 Å². The number of rotatable bonds is 10. The fraction of sp³-hybridized carbons (Fsp3) is 0.333. The van der Waals surface area contributed by atoms with E-state index in [1.54, 1.807) is 18.6 Å². The fourth-order valence-electron chi connectivity index (χ4n) is 6.49. The van der Waals surface area contributed by atoms with Crippen LogP contribution in [-0.4, -0.2) is 72.5 Å². The zero-order chi connectivity index (χ0) is 34.7. The van der Waals surface area contributed by atoms with E-state index in [4.69, 9.17) is 14.8 Å². The van der Waals surface area contributed by atoms with Gasteiger partial charge in [0.1, 0.15) is 30.2 Å². The van der Waals surface area contributed by atoms with Gasteiger partial charge in [-0.2, -0.15) is 10.4 Å². The van der Waals surface area contributed by atoms with E-state index in [0.717, 1.165) is 81.4 Å². The van der Waals surface area contributed by atoms with Gasteiger partial charge < -0.3 is 29.9 Å². The summed E-state index contributed by atoms with van der Waals surface area (Å²) in [6, 6.07) is 17.2. The number of pyridine rings is 2. The number of nitrogens with one attached hydrogen (secondary N) is 2. The summed E-state index contributed by atoms with van der Waals surface area (Å²) < 4.78 is 10.8. The minimum atomic E-state index is -1.13. The third-order valence-corrected chi connectivity index (χ3v) is 11.0. The summed E-state index contributed by atoms with van der Waals surface area (Å²) in [5.74, 6) is 1.25. The lowest BCUT2D eigenvalue weighted by Gasteiger charge is -2.23. The Kier molecular flexibility index (Phi) is 10.5. The number of ether oxygens (including phenoxy) is 1. The summed E-state index contributed by atoms with van der Waals surface area (Å²) in [6.45, 7) is 10.0. The second kappa shape index (κ2) is 15.1. The highest BCUT2D eigenvalue weighted by atomic mass is 28.3. The van der Waals surface area contributed by atoms with Gasteiger partial charge in [0, 0.05) is 68.6 Å². The molecule has 4 N–H and O–H groups in total. The van der Waals surface area contributed by atoms with Crippen molar-refractivity contribution in [3.8, 4) is 17.3 Å². The van der Waals surface area contributed by atoms with Gasteiger partial charge in [0.05, 0.1) is 48.2 Å². The molecule has 8 rings (SSSR count). The topological polar surface area (TPSA) is 188 Å². The molecule has 0 saturated carbocycles. The molecule has 1 fully saturated rings. The largest absolute Gasteiger partial charge is 0.711 e. The molecule has 8 heterocycles. The van der Waals surface area contributed by atoms with Crippen molar-refractivity contribution in [3.63, 3.8) is 0 Å². The van der Waals surface area contributed by atoms with Crippen LogP contribution in [0.15, 0.2) is 86.0 Å². The van der Waals surface area contributed by atoms with Crippen LogP contribution in [0.5, 0.6) is 0 Å². The van der Waals surface area contributed by atoms with Gasteiger partial charge in [-0.1, -0.05) is 19.6 Å². The predicted octanol–water partition coefficient (Wildman–Crippen LogP) is 5.44. The number of hydrogen-bond acceptors (Lipinski definition) is 8. The van der Waals surface area contributed by atoms with Crippen molar-refractivity contribution in [2.24, 2.45) is 5.92 Å². The third-order valence-electron chi connectivity index (χ3n) is 9.26. The molecule has 7 aromatic heterocycles. The summed E-state index contributed by atoms with van der Waals surface area (Å²) in [6.07, 6.45) is 14.0. The molecule has 1 aliphatic heterocycles. The van der Waals surface area contributed by atoms with Gasteiger partial charge in [-0.3, -0.25) is 4.68 Å². The molecule has 264 valence electrons. The molecular formula is C36H43N11O3Si. The van der Waals surface area contributed by atoms with Crippen molar-refractivity contribution in [3.05, 3.63) is 91.2 Å². The van der Waals surface area contributed by atoms with E-state index in [1.807, 2.05) is 58.3 Å². The Morgan fingerprint density at radius 1 is 1.10 bits per heavy atom. The van der Waals surface area contributed by atoms with Crippen molar-refractivity contribution in [1.29, 1.82) is 5.26 Å². The molecule has 0 bridgehead atoms. The van der Waals surface area contributed by atoms with Gasteiger partial charge in [-0.05, 0) is 54.9 Å². The van der Waals surface area contributed by atoms with Crippen LogP contribution in [0.1, 0.15) is 18.9 Å². The van der Waals surface area contributed by atoms with E-state index in [2.05, 4.69) is 62.7 Å². The number of aromatic amines is 2. The zero-order valence-electron chi connectivity index (χ0n) is 29.0. The highest BCUT2D eigenvalue weighted by Crippen LogP contribution is 2.34. The standard InChI is InChI=1S/C29H35N9OSi.C7H6N2O.H2O/c1-40(2,3)15-14-39-20-37-13-9-24-27(32-19-33-29(24)37)23-16-34-38(18-23)25(6-10-30)22-8-12-36(17-22)26-5-4-21-7-11-31-28(21)35-26;10-9-5-1-2-6-3-4-8-7(6)9;/h4-5,7,9,11,13,16,18-19,22,25H,6,8,12,14-15,17,20H2,1-3H3,(H,31,35);1-5,8H;1H2. The molecule has 15 heteroatoms. The second-order valence-corrected chi connectivity index (χ2v) is 19.5. The molecule has 2 unspecified atom stereocenters. The van der Waals surface area contributed by atoms with Gasteiger partial charge in [0.25, 0.3) is 5.65 Å². The smallest absolute Gasteiger partial charge is 0.289 e. The number of nitriles is 1. The van der Waals surface area contributed by atoms with Crippen LogP contribution in [0.25, 0.3) is 44.4 Å². The molecule has 0 amide bonds. The Labute approximate surface area is 296 Å². The van der Waals surface area contributed by atoms with E-state index < -0.39 is 8.07 Å². The number of anilines is 1. The number of aromatic nitrogens is 9. The molecular weight excluding hydrogens is 663 g/mol. The summed E-state index contributed by atoms with van der Waals surface area (Å²) >= 11 is 0. The lowest BCUT2D eigenvalue weighted by Crippen LogP contribution is -2.25. The summed E-state index contributed by atoms with van der Waals surface area (Å²) in [5.41, 5.74) is 4.11. The van der Waals surface area contributed by atoms with Crippen LogP contribution < -0.4 is 9.63 Å². The fourth-order valence-corrected chi connectivity index (χ4v) is 7.25. The Hall–Kier alpha value is -5.56. The Balaban J connectivity index is 0.000000349. The predicted molar refractivity (Wildman–Crippen MR) is 199 cm³/mol. The van der Waals surface area contributed by atoms with Gasteiger partial charge in [0.2, 0.25) is 0 Å². The summed E-state index contributed by atoms with van der Waals surface area (Å²) in [7, 11) is -1.13. The average Bonchev–Trinajstić information content (AvgIpc) is 3.95. The Morgan fingerprint density at radius 3 is 2.76 bits per heavy atom. The first kappa shape index (κ1) is 35.3. The Morgan fingerprint density at radius 2 is 1.94 bits per heavy atom. The van der Waals surface area contributed by atoms with Gasteiger partial charge >= 0.3 is 0 Å². The molecule has 1 aliphatic rings. The quantitative estimate of drug-likeness (QED) is 0.0814. The van der Waals surface area contributed by atoms with Gasteiger partial charge in [-0.15, -0.1) is 0 Å². The van der Waals surface area contributed by atoms with E-state index >= 15 is 0 Å². The number of hydrogen-bond donors (Lipinski definition) is 2. The molecule has 0 aliphatic carbocycles. The molecule has 0 aromatic carbocycles. The van der Waals surface area contributed by atoms with E-state index in [1.165, 1.54) is 6.20 Å². The number of nitrogens with zero attached hydrogens (tertiary/aromatic N) is 9. The zero-order valence-corrected chi connectivity index (χ0v) is 30.0. The summed E-state index contributed by atoms with van der Waals surface area (Å²) in [5, 5.41) is 28.3. The molecule has 14 nitrogen and oxygen atoms in total. The highest BCUT2D eigenvalue weighted by Gasteiger charge is 2.32. The van der Waals surface area contributed by atoms with Crippen LogP contribution in [0.3, 0.4) is 0 Å². The third kappa shape index (κ3) is 7.78. The van der Waals surface area contributed by atoms with Crippen LogP contribution in [-0.2, 0) is 11.5 Å². The van der Waals surface area contributed by atoms with E-state index in [0.29, 0.717) is 18.8 Å². The first-order valence-corrected chi connectivity index (χ1v) is 20.6. The van der Waals surface area contributed by atoms with Crippen molar-refractivity contribution in [2.75, 3.05) is 24.6 Å². The molecule has 0 spiro atoms. The van der Waals surface area contributed by atoms with Crippen LogP contribution in [0, 0.1) is 22.5 Å². The van der Waals surface area contributed by atoms with Gasteiger partial charge in [-0.25, -0.2) is 24.7 Å². The average molecular weight is 706 g/mol. The molecule has 0 radical (unpaired) electrons. The minimum Gasteiger partial charge on any atom is -0.711 e. The number of H-pyrrole nitrogens is 2. The van der Waals surface area contributed by atoms with Crippen molar-refractivity contribution in [1.82, 2.24) is 39.3 Å². The second-order valence-electron chi connectivity index (χ2n) is 13.9. The lowest BCUT2D eigenvalue weighted by molar-refractivity contribution is -0.579. The SMILES string of the molecule is C[Si](C)(C)CCOCn1ccc2c(-c3cnn(C(CC#N)C4CCN(c5ccc6cc[nH]c6n5)C4)c3)ncnc21.O.[O-][n+]1cccc2cc[nH]c21. The molecule has 7 aromatic rings. The van der Waals surface area contributed by atoms with Crippen LogP contribution in [0.2, 0.25) is 25.7 Å². The maximum Gasteiger partial charge on any atom is 0.289 e. The molecule has 51 heavy (non-hydrogen) atoms. The van der Waals surface area contributed by atoms with Gasteiger partial charge in [0.15, 0.2) is 0 Å². The van der Waals surface area contributed by atoms with E-state index in [9.17, 15) is 10.5 Å². The van der Waals surface area contributed by atoms with E-state index in [-0.39, 0.29) is 17.4 Å². The van der Waals surface area contributed by atoms with Crippen LogP contribution in [0.4, 0.5) is 5.82 Å². The monoisotopic (exact) mass is 705 g/mol. The molecule has 1 saturated heterocycles. The van der Waals surface area contributed by atoms with Crippen LogP contribution >= 0.6 is 0 Å². The first-order valence-electron chi connectivity index (χ1n) is 16.9. The number of fused-ring (bicyclic) bond motifs is 3. The normalized spacial score (nSPS) is 15.1. The maximum atomic E-state index is 10.9. The Bertz CT molecular complexity index is 2260. The maximum absolute atomic E-state index is 10.9. The van der Waals surface area contributed by atoms with Crippen molar-refractivity contribution < 1.29 is 14.9 Å².